The first-order chi connectivity index (χ1) is 9.43. The minimum atomic E-state index is -1.26. The average molecular weight is 285 g/mol. The summed E-state index contributed by atoms with van der Waals surface area (Å²) >= 11 is 0. The molecule has 1 aliphatic heterocycles. The summed E-state index contributed by atoms with van der Waals surface area (Å²) in [6.07, 6.45) is 0.0392. The van der Waals surface area contributed by atoms with E-state index in [9.17, 15) is 19.2 Å². The minimum absolute atomic E-state index is 0.0499. The maximum Gasteiger partial charge on any atom is 0.326 e. The number of carbonyl (C=O) groups is 4. The summed E-state index contributed by atoms with van der Waals surface area (Å²) in [6.45, 7) is 0. The van der Waals surface area contributed by atoms with Crippen LogP contribution in [0.5, 0.6) is 0 Å². The third-order valence-corrected chi connectivity index (χ3v) is 2.63. The second kappa shape index (κ2) is 7.22. The lowest BCUT2D eigenvalue weighted by Crippen LogP contribution is -2.45. The smallest absolute Gasteiger partial charge is 0.326 e. The largest absolute Gasteiger partial charge is 0.480 e. The number of methoxy groups -OCH3 is 1. The lowest BCUT2D eigenvalue weighted by molar-refractivity contribution is -0.143. The highest BCUT2D eigenvalue weighted by Crippen LogP contribution is 2.03. The van der Waals surface area contributed by atoms with Gasteiger partial charge in [-0.25, -0.2) is 10.2 Å². The number of aliphatic carboxylic acids is 1. The molecule has 0 aliphatic carbocycles. The van der Waals surface area contributed by atoms with Crippen molar-refractivity contribution in [1.29, 1.82) is 0 Å². The van der Waals surface area contributed by atoms with Gasteiger partial charge < -0.3 is 15.2 Å². The number of carbonyl (C=O) groups excluding carboxylic acids is 3. The van der Waals surface area contributed by atoms with Crippen molar-refractivity contribution in [3.63, 3.8) is 0 Å². The maximum absolute atomic E-state index is 11.8. The van der Waals surface area contributed by atoms with Crippen LogP contribution in [0.3, 0.4) is 0 Å². The Morgan fingerprint density at radius 1 is 1.45 bits per heavy atom. The molecule has 9 heteroatoms. The van der Waals surface area contributed by atoms with Gasteiger partial charge in [-0.15, -0.1) is 0 Å². The molecule has 0 fully saturated rings. The molecular weight excluding hydrogens is 270 g/mol. The topological polar surface area (TPSA) is 134 Å². The van der Waals surface area contributed by atoms with Crippen molar-refractivity contribution in [3.8, 4) is 0 Å². The van der Waals surface area contributed by atoms with E-state index in [2.05, 4.69) is 20.6 Å². The SMILES string of the molecule is COC(=O)CCC(NC(=O)C1=NNC(=O)CC1)C(=O)O. The molecule has 1 atom stereocenters. The van der Waals surface area contributed by atoms with Crippen molar-refractivity contribution in [2.45, 2.75) is 31.7 Å². The molecule has 20 heavy (non-hydrogen) atoms. The van der Waals surface area contributed by atoms with Gasteiger partial charge in [-0.3, -0.25) is 14.4 Å². The third-order valence-electron chi connectivity index (χ3n) is 2.63. The zero-order chi connectivity index (χ0) is 15.1. The van der Waals surface area contributed by atoms with Gasteiger partial charge in [0, 0.05) is 19.3 Å². The van der Waals surface area contributed by atoms with Crippen LogP contribution >= 0.6 is 0 Å². The average Bonchev–Trinajstić information content (AvgIpc) is 2.43. The van der Waals surface area contributed by atoms with Crippen LogP contribution in [-0.2, 0) is 23.9 Å². The first kappa shape index (κ1) is 15.6. The molecule has 0 saturated carbocycles. The molecule has 1 rings (SSSR count). The van der Waals surface area contributed by atoms with Crippen LogP contribution in [0.15, 0.2) is 5.10 Å². The highest BCUT2D eigenvalue weighted by atomic mass is 16.5. The van der Waals surface area contributed by atoms with Gasteiger partial charge in [0.1, 0.15) is 11.8 Å². The van der Waals surface area contributed by atoms with E-state index < -0.39 is 23.9 Å². The van der Waals surface area contributed by atoms with E-state index >= 15 is 0 Å². The predicted octanol–water partition coefficient (Wildman–Crippen LogP) is -1.22. The second-order valence-corrected chi connectivity index (χ2v) is 4.07. The van der Waals surface area contributed by atoms with Gasteiger partial charge in [0.05, 0.1) is 7.11 Å². The summed E-state index contributed by atoms with van der Waals surface area (Å²) in [5.74, 6) is -2.81. The molecule has 0 saturated heterocycles. The Labute approximate surface area is 114 Å². The lowest BCUT2D eigenvalue weighted by Gasteiger charge is -2.16. The molecule has 0 aromatic rings. The van der Waals surface area contributed by atoms with Gasteiger partial charge >= 0.3 is 11.9 Å². The van der Waals surface area contributed by atoms with Gasteiger partial charge in [0.2, 0.25) is 5.91 Å². The lowest BCUT2D eigenvalue weighted by atomic mass is 10.1. The Bertz CT molecular complexity index is 459. The van der Waals surface area contributed by atoms with Crippen LogP contribution in [0.4, 0.5) is 0 Å². The normalized spacial score (nSPS) is 15.7. The third kappa shape index (κ3) is 4.67. The van der Waals surface area contributed by atoms with Crippen molar-refractivity contribution in [2.24, 2.45) is 5.10 Å². The number of rotatable bonds is 6. The van der Waals surface area contributed by atoms with Gasteiger partial charge in [0.15, 0.2) is 0 Å². The van der Waals surface area contributed by atoms with E-state index in [4.69, 9.17) is 5.11 Å². The van der Waals surface area contributed by atoms with E-state index in [1.54, 1.807) is 0 Å². The molecule has 0 aromatic carbocycles. The number of ether oxygens (including phenoxy) is 1. The molecule has 9 nitrogen and oxygen atoms in total. The van der Waals surface area contributed by atoms with E-state index in [1.807, 2.05) is 0 Å². The summed E-state index contributed by atoms with van der Waals surface area (Å²) in [7, 11) is 1.19. The van der Waals surface area contributed by atoms with Crippen molar-refractivity contribution >= 4 is 29.5 Å². The first-order valence-electron chi connectivity index (χ1n) is 5.90. The number of hydrogen-bond acceptors (Lipinski definition) is 6. The Morgan fingerprint density at radius 2 is 2.15 bits per heavy atom. The standard InChI is InChI=1S/C11H15N3O6/c1-20-9(16)5-3-7(11(18)19)12-10(17)6-2-4-8(15)14-13-6/h7H,2-5H2,1H3,(H,12,17)(H,14,15)(H,18,19). The summed E-state index contributed by atoms with van der Waals surface area (Å²) in [5.41, 5.74) is 2.19. The Kier molecular flexibility index (Phi) is 5.63. The molecule has 0 spiro atoms. The zero-order valence-corrected chi connectivity index (χ0v) is 10.8. The Balaban J connectivity index is 2.57. The number of nitrogens with zero attached hydrogens (tertiary/aromatic N) is 1. The van der Waals surface area contributed by atoms with Gasteiger partial charge in [-0.05, 0) is 6.42 Å². The second-order valence-electron chi connectivity index (χ2n) is 4.07. The fourth-order valence-electron chi connectivity index (χ4n) is 1.50. The number of esters is 1. The number of hydrogen-bond donors (Lipinski definition) is 3. The monoisotopic (exact) mass is 285 g/mol. The minimum Gasteiger partial charge on any atom is -0.480 e. The van der Waals surface area contributed by atoms with E-state index in [1.165, 1.54) is 7.11 Å². The highest BCUT2D eigenvalue weighted by molar-refractivity contribution is 6.39. The van der Waals surface area contributed by atoms with Crippen LogP contribution in [-0.4, -0.2) is 47.7 Å². The van der Waals surface area contributed by atoms with E-state index in [0.29, 0.717) is 0 Å². The van der Waals surface area contributed by atoms with Crippen molar-refractivity contribution in [3.05, 3.63) is 0 Å². The van der Waals surface area contributed by atoms with Gasteiger partial charge in [0.25, 0.3) is 5.91 Å². The molecule has 0 radical (unpaired) electrons. The molecule has 0 aromatic heterocycles. The highest BCUT2D eigenvalue weighted by Gasteiger charge is 2.25. The Hall–Kier alpha value is -2.45. The van der Waals surface area contributed by atoms with Crippen LogP contribution in [0.25, 0.3) is 0 Å². The molecule has 2 amide bonds. The zero-order valence-electron chi connectivity index (χ0n) is 10.8. The maximum atomic E-state index is 11.8. The fourth-order valence-corrected chi connectivity index (χ4v) is 1.50. The van der Waals surface area contributed by atoms with Crippen LogP contribution in [0, 0.1) is 0 Å². The number of amides is 2. The van der Waals surface area contributed by atoms with E-state index in [0.717, 1.165) is 0 Å². The quantitative estimate of drug-likeness (QED) is 0.523. The number of nitrogens with one attached hydrogen (secondary N) is 2. The summed E-state index contributed by atoms with van der Waals surface area (Å²) < 4.78 is 4.40. The Morgan fingerprint density at radius 3 is 2.65 bits per heavy atom. The molecule has 0 bridgehead atoms. The van der Waals surface area contributed by atoms with E-state index in [-0.39, 0.29) is 37.3 Å². The molecular formula is C11H15N3O6. The predicted molar refractivity (Wildman–Crippen MR) is 65.6 cm³/mol. The summed E-state index contributed by atoms with van der Waals surface area (Å²) in [5, 5.41) is 14.8. The molecule has 3 N–H and O–H groups in total. The van der Waals surface area contributed by atoms with Crippen molar-refractivity contribution < 1.29 is 29.0 Å². The molecule has 1 aliphatic rings. The fraction of sp³-hybridized carbons (Fsp3) is 0.545. The number of hydrazone groups is 1. The first-order valence-corrected chi connectivity index (χ1v) is 5.90. The summed E-state index contributed by atoms with van der Waals surface area (Å²) in [6, 6.07) is -1.22. The molecule has 1 unspecified atom stereocenters. The van der Waals surface area contributed by atoms with Crippen LogP contribution < -0.4 is 10.7 Å². The van der Waals surface area contributed by atoms with Gasteiger partial charge in [-0.1, -0.05) is 0 Å². The van der Waals surface area contributed by atoms with Crippen LogP contribution in [0.2, 0.25) is 0 Å². The number of carboxylic acids is 1. The van der Waals surface area contributed by atoms with Crippen molar-refractivity contribution in [1.82, 2.24) is 10.7 Å². The van der Waals surface area contributed by atoms with Gasteiger partial charge in [-0.2, -0.15) is 5.10 Å². The van der Waals surface area contributed by atoms with Crippen LogP contribution in [0.1, 0.15) is 25.7 Å². The molecule has 1 heterocycles. The van der Waals surface area contributed by atoms with Crippen molar-refractivity contribution in [2.75, 3.05) is 7.11 Å². The molecule has 110 valence electrons. The number of carboxylic acid groups (broad SMARTS) is 1. The summed E-state index contributed by atoms with van der Waals surface area (Å²) in [4.78, 5) is 44.6.